The zero-order valence-corrected chi connectivity index (χ0v) is 8.26. The molecule has 1 rings (SSSR count). The predicted molar refractivity (Wildman–Crippen MR) is 55.3 cm³/mol. The van der Waals surface area contributed by atoms with Crippen molar-refractivity contribution in [2.45, 2.75) is 6.92 Å². The largest absolute Gasteiger partial charge is 0.389 e. The summed E-state index contributed by atoms with van der Waals surface area (Å²) >= 11 is 4.64. The van der Waals surface area contributed by atoms with Crippen LogP contribution in [-0.4, -0.2) is 10.1 Å². The summed E-state index contributed by atoms with van der Waals surface area (Å²) in [5.74, 6) is 0.437. The third-order valence-corrected chi connectivity index (χ3v) is 1.59. The average Bonchev–Trinajstić information content (AvgIpc) is 2.52. The number of hydrogen-bond acceptors (Lipinski definition) is 5. The van der Waals surface area contributed by atoms with E-state index >= 15 is 0 Å². The van der Waals surface area contributed by atoms with Crippen LogP contribution in [0.2, 0.25) is 0 Å². The van der Waals surface area contributed by atoms with E-state index in [1.807, 2.05) is 6.07 Å². The fraction of sp³-hybridized carbons (Fsp3) is 0.125. The molecule has 0 bridgehead atoms. The summed E-state index contributed by atoms with van der Waals surface area (Å²) in [6.45, 7) is 1.79. The second-order valence-corrected chi connectivity index (χ2v) is 2.95. The molecule has 1 heterocycles. The van der Waals surface area contributed by atoms with Crippen LogP contribution in [0, 0.1) is 18.3 Å². The molecule has 0 aliphatic carbocycles. The number of nitriles is 1. The molecule has 0 spiro atoms. The van der Waals surface area contributed by atoms with Crippen LogP contribution in [0.3, 0.4) is 0 Å². The van der Waals surface area contributed by atoms with Crippen LogP contribution >= 0.6 is 12.2 Å². The zero-order chi connectivity index (χ0) is 10.6. The molecule has 0 fully saturated rings. The molecule has 0 radical (unpaired) electrons. The minimum Gasteiger partial charge on any atom is -0.389 e. The van der Waals surface area contributed by atoms with Crippen molar-refractivity contribution in [1.82, 2.24) is 5.16 Å². The number of anilines is 1. The van der Waals surface area contributed by atoms with Gasteiger partial charge in [-0.05, 0) is 6.92 Å². The third kappa shape index (κ3) is 2.57. The van der Waals surface area contributed by atoms with E-state index in [1.165, 1.54) is 6.20 Å². The highest BCUT2D eigenvalue weighted by atomic mass is 32.1. The molecule has 72 valence electrons. The van der Waals surface area contributed by atoms with Crippen molar-refractivity contribution in [2.24, 2.45) is 5.73 Å². The SMILES string of the molecule is Cc1cc(N/C=C(\C#N)C(N)=S)on1. The van der Waals surface area contributed by atoms with Crippen LogP contribution in [0.5, 0.6) is 0 Å². The molecule has 0 unspecified atom stereocenters. The molecule has 3 N–H and O–H groups in total. The van der Waals surface area contributed by atoms with E-state index in [9.17, 15) is 0 Å². The molecule has 5 nitrogen and oxygen atoms in total. The minimum atomic E-state index is 0.0382. The lowest BCUT2D eigenvalue weighted by Gasteiger charge is -1.94. The van der Waals surface area contributed by atoms with Crippen LogP contribution in [0.4, 0.5) is 5.88 Å². The monoisotopic (exact) mass is 208 g/mol. The summed E-state index contributed by atoms with van der Waals surface area (Å²) in [6, 6.07) is 3.53. The van der Waals surface area contributed by atoms with Crippen molar-refractivity contribution in [3.63, 3.8) is 0 Å². The average molecular weight is 208 g/mol. The Morgan fingerprint density at radius 3 is 3.00 bits per heavy atom. The van der Waals surface area contributed by atoms with Gasteiger partial charge in [-0.3, -0.25) is 0 Å². The first-order chi connectivity index (χ1) is 6.63. The van der Waals surface area contributed by atoms with Crippen LogP contribution in [0.25, 0.3) is 0 Å². The lowest BCUT2D eigenvalue weighted by molar-refractivity contribution is 0.429. The number of aryl methyl sites for hydroxylation is 1. The van der Waals surface area contributed by atoms with Gasteiger partial charge in [-0.2, -0.15) is 5.26 Å². The summed E-state index contributed by atoms with van der Waals surface area (Å²) < 4.78 is 4.84. The Balaban J connectivity index is 2.72. The van der Waals surface area contributed by atoms with E-state index in [1.54, 1.807) is 13.0 Å². The minimum absolute atomic E-state index is 0.0382. The Hall–Kier alpha value is -1.87. The number of nitrogens with two attached hydrogens (primary N) is 1. The van der Waals surface area contributed by atoms with Gasteiger partial charge in [0.15, 0.2) is 0 Å². The highest BCUT2D eigenvalue weighted by molar-refractivity contribution is 7.80. The van der Waals surface area contributed by atoms with Crippen LogP contribution in [0.1, 0.15) is 5.69 Å². The van der Waals surface area contributed by atoms with Gasteiger partial charge in [0.05, 0.1) is 5.69 Å². The molecular formula is C8H8N4OS. The first kappa shape index (κ1) is 10.2. The first-order valence-corrected chi connectivity index (χ1v) is 4.14. The second-order valence-electron chi connectivity index (χ2n) is 2.51. The molecule has 1 aromatic rings. The molecule has 6 heteroatoms. The maximum Gasteiger partial charge on any atom is 0.228 e. The van der Waals surface area contributed by atoms with E-state index in [2.05, 4.69) is 22.7 Å². The van der Waals surface area contributed by atoms with E-state index in [0.717, 1.165) is 5.69 Å². The summed E-state index contributed by atoms with van der Waals surface area (Å²) in [4.78, 5) is 0.0382. The Bertz CT molecular complexity index is 415. The number of hydrogen-bond donors (Lipinski definition) is 2. The number of nitrogens with one attached hydrogen (secondary N) is 1. The molecule has 0 aromatic carbocycles. The summed E-state index contributed by atoms with van der Waals surface area (Å²) in [5.41, 5.74) is 6.21. The highest BCUT2D eigenvalue weighted by Gasteiger charge is 2.00. The Kier molecular flexibility index (Phi) is 3.20. The van der Waals surface area contributed by atoms with Crippen molar-refractivity contribution in [3.05, 3.63) is 23.5 Å². The molecule has 0 atom stereocenters. The maximum absolute atomic E-state index is 8.61. The van der Waals surface area contributed by atoms with Gasteiger partial charge < -0.3 is 15.6 Å². The van der Waals surface area contributed by atoms with Crippen molar-refractivity contribution in [1.29, 1.82) is 5.26 Å². The van der Waals surface area contributed by atoms with Crippen LogP contribution in [-0.2, 0) is 0 Å². The molecule has 0 aliphatic rings. The topological polar surface area (TPSA) is 87.9 Å². The second kappa shape index (κ2) is 4.39. The van der Waals surface area contributed by atoms with Crippen molar-refractivity contribution >= 4 is 23.1 Å². The van der Waals surface area contributed by atoms with E-state index in [0.29, 0.717) is 5.88 Å². The molecule has 0 aliphatic heterocycles. The van der Waals surface area contributed by atoms with Crippen LogP contribution in [0.15, 0.2) is 22.4 Å². The predicted octanol–water partition coefficient (Wildman–Crippen LogP) is 1.09. The van der Waals surface area contributed by atoms with Gasteiger partial charge in [0.2, 0.25) is 5.88 Å². The maximum atomic E-state index is 8.61. The quantitative estimate of drug-likeness (QED) is 0.439. The fourth-order valence-electron chi connectivity index (χ4n) is 0.733. The summed E-state index contributed by atoms with van der Waals surface area (Å²) in [7, 11) is 0. The number of nitrogens with zero attached hydrogens (tertiary/aromatic N) is 2. The van der Waals surface area contributed by atoms with Gasteiger partial charge in [0.1, 0.15) is 16.6 Å². The van der Waals surface area contributed by atoms with Crippen molar-refractivity contribution < 1.29 is 4.52 Å². The van der Waals surface area contributed by atoms with Gasteiger partial charge in [-0.15, -0.1) is 0 Å². The van der Waals surface area contributed by atoms with E-state index in [4.69, 9.17) is 15.5 Å². The van der Waals surface area contributed by atoms with Gasteiger partial charge in [0, 0.05) is 12.3 Å². The number of aromatic nitrogens is 1. The Morgan fingerprint density at radius 1 is 1.86 bits per heavy atom. The number of thiocarbonyl (C=S) groups is 1. The lowest BCUT2D eigenvalue weighted by Crippen LogP contribution is -2.11. The van der Waals surface area contributed by atoms with Crippen molar-refractivity contribution in [2.75, 3.05) is 5.32 Å². The molecule has 0 saturated heterocycles. The smallest absolute Gasteiger partial charge is 0.228 e. The molecular weight excluding hydrogens is 200 g/mol. The van der Waals surface area contributed by atoms with Crippen LogP contribution < -0.4 is 11.1 Å². The lowest BCUT2D eigenvalue weighted by atomic mass is 10.3. The van der Waals surface area contributed by atoms with E-state index in [-0.39, 0.29) is 10.6 Å². The molecule has 1 aromatic heterocycles. The van der Waals surface area contributed by atoms with Crippen molar-refractivity contribution in [3.8, 4) is 6.07 Å². The molecule has 0 amide bonds. The number of rotatable bonds is 3. The zero-order valence-electron chi connectivity index (χ0n) is 7.44. The fourth-order valence-corrected chi connectivity index (χ4v) is 0.838. The Labute approximate surface area is 86.2 Å². The Morgan fingerprint density at radius 2 is 2.57 bits per heavy atom. The molecule has 14 heavy (non-hydrogen) atoms. The van der Waals surface area contributed by atoms with E-state index < -0.39 is 0 Å². The van der Waals surface area contributed by atoms with Gasteiger partial charge >= 0.3 is 0 Å². The molecule has 0 saturated carbocycles. The van der Waals surface area contributed by atoms with Gasteiger partial charge in [-0.1, -0.05) is 17.4 Å². The summed E-state index contributed by atoms with van der Waals surface area (Å²) in [5, 5.41) is 15.0. The normalized spacial score (nSPS) is 10.7. The third-order valence-electron chi connectivity index (χ3n) is 1.37. The first-order valence-electron chi connectivity index (χ1n) is 3.73. The van der Waals surface area contributed by atoms with Gasteiger partial charge in [-0.25, -0.2) is 0 Å². The van der Waals surface area contributed by atoms with Gasteiger partial charge in [0.25, 0.3) is 0 Å². The summed E-state index contributed by atoms with van der Waals surface area (Å²) in [6.07, 6.45) is 1.38. The highest BCUT2D eigenvalue weighted by Crippen LogP contribution is 2.08. The standard InChI is InChI=1S/C8H8N4OS/c1-5-2-7(13-12-5)11-4-6(3-9)8(10)14/h2,4,11H,1H3,(H2,10,14)/b6-4+.